The maximum Gasteiger partial charge on any atom is 0.269 e. The monoisotopic (exact) mass is 369 g/mol. The van der Waals surface area contributed by atoms with Crippen LogP contribution in [0.2, 0.25) is 0 Å². The van der Waals surface area contributed by atoms with E-state index in [2.05, 4.69) is 0 Å². The lowest BCUT2D eigenvalue weighted by molar-refractivity contribution is -0.384. The number of nitro benzene ring substituents is 1. The van der Waals surface area contributed by atoms with Crippen LogP contribution in [0.15, 0.2) is 48.5 Å². The molecule has 1 heterocycles. The Morgan fingerprint density at radius 2 is 1.85 bits per heavy atom. The Balaban J connectivity index is 1.91. The van der Waals surface area contributed by atoms with Gasteiger partial charge in [0.05, 0.1) is 12.0 Å². The molecule has 3 rings (SSSR count). The molecule has 1 fully saturated rings. The van der Waals surface area contributed by atoms with Crippen molar-refractivity contribution in [3.05, 3.63) is 64.2 Å². The van der Waals surface area contributed by atoms with Crippen LogP contribution in [-0.2, 0) is 4.79 Å². The van der Waals surface area contributed by atoms with Crippen molar-refractivity contribution in [1.29, 1.82) is 0 Å². The van der Waals surface area contributed by atoms with Crippen molar-refractivity contribution >= 4 is 23.2 Å². The van der Waals surface area contributed by atoms with Gasteiger partial charge in [0.15, 0.2) is 0 Å². The molecule has 27 heavy (non-hydrogen) atoms. The lowest BCUT2D eigenvalue weighted by Gasteiger charge is -2.28. The molecule has 0 saturated carbocycles. The average molecular weight is 369 g/mol. The first-order chi connectivity index (χ1) is 13.0. The zero-order valence-electron chi connectivity index (χ0n) is 14.8. The van der Waals surface area contributed by atoms with Gasteiger partial charge in [0.1, 0.15) is 12.4 Å². The summed E-state index contributed by atoms with van der Waals surface area (Å²) in [6.07, 6.45) is 1.22. The van der Waals surface area contributed by atoms with Crippen LogP contribution in [0, 0.1) is 10.1 Å². The molecular formula is C19H19N3O5. The molecule has 2 aromatic rings. The fourth-order valence-corrected chi connectivity index (χ4v) is 2.93. The highest BCUT2D eigenvalue weighted by Gasteiger charge is 2.26. The van der Waals surface area contributed by atoms with E-state index in [0.29, 0.717) is 30.0 Å². The molecule has 8 heteroatoms. The normalized spacial score (nSPS) is 13.5. The molecule has 0 bridgehead atoms. The summed E-state index contributed by atoms with van der Waals surface area (Å²) < 4.78 is 5.11. The van der Waals surface area contributed by atoms with E-state index in [0.717, 1.165) is 6.42 Å². The Bertz CT molecular complexity index is 849. The minimum absolute atomic E-state index is 0.00978. The van der Waals surface area contributed by atoms with Crippen molar-refractivity contribution in [3.63, 3.8) is 0 Å². The van der Waals surface area contributed by atoms with Crippen molar-refractivity contribution in [2.24, 2.45) is 0 Å². The Kier molecular flexibility index (Phi) is 5.35. The zero-order valence-corrected chi connectivity index (χ0v) is 14.8. The standard InChI is InChI=1S/C19H19N3O5/c1-27-17-10-4-14(5-11-17)19(24)21(13-20-12-2-3-18(20)23)15-6-8-16(9-7-15)22(25)26/h4-11H,2-3,12-13H2,1H3. The van der Waals surface area contributed by atoms with Gasteiger partial charge in [-0.15, -0.1) is 0 Å². The summed E-state index contributed by atoms with van der Waals surface area (Å²) in [4.78, 5) is 38.5. The number of nitrogens with zero attached hydrogens (tertiary/aromatic N) is 3. The van der Waals surface area contributed by atoms with Gasteiger partial charge in [-0.1, -0.05) is 0 Å². The van der Waals surface area contributed by atoms with E-state index in [4.69, 9.17) is 4.74 Å². The number of hydrogen-bond donors (Lipinski definition) is 0. The fraction of sp³-hybridized carbons (Fsp3) is 0.263. The van der Waals surface area contributed by atoms with Gasteiger partial charge >= 0.3 is 0 Å². The van der Waals surface area contributed by atoms with Gasteiger partial charge in [-0.05, 0) is 42.8 Å². The summed E-state index contributed by atoms with van der Waals surface area (Å²) in [5.74, 6) is 0.318. The SMILES string of the molecule is COc1ccc(C(=O)N(CN2CCCC2=O)c2ccc([N+](=O)[O-])cc2)cc1. The third-order valence-electron chi connectivity index (χ3n) is 4.44. The number of hydrogen-bond acceptors (Lipinski definition) is 5. The summed E-state index contributed by atoms with van der Waals surface area (Å²) in [5, 5.41) is 10.9. The maximum atomic E-state index is 13.1. The number of methoxy groups -OCH3 is 1. The first-order valence-electron chi connectivity index (χ1n) is 8.48. The highest BCUT2D eigenvalue weighted by atomic mass is 16.6. The van der Waals surface area contributed by atoms with Gasteiger partial charge in [0.2, 0.25) is 5.91 Å². The molecule has 8 nitrogen and oxygen atoms in total. The fourth-order valence-electron chi connectivity index (χ4n) is 2.93. The molecule has 0 radical (unpaired) electrons. The summed E-state index contributed by atoms with van der Waals surface area (Å²) in [7, 11) is 1.54. The number of non-ortho nitro benzene ring substituents is 1. The number of ether oxygens (including phenoxy) is 1. The number of amides is 2. The van der Waals surface area contributed by atoms with Gasteiger partial charge in [0, 0.05) is 36.3 Å². The second-order valence-corrected chi connectivity index (χ2v) is 6.14. The van der Waals surface area contributed by atoms with Gasteiger partial charge in [-0.2, -0.15) is 0 Å². The smallest absolute Gasteiger partial charge is 0.269 e. The summed E-state index contributed by atoms with van der Waals surface area (Å²) >= 11 is 0. The number of rotatable bonds is 6. The molecule has 1 aliphatic heterocycles. The van der Waals surface area contributed by atoms with E-state index < -0.39 is 4.92 Å². The van der Waals surface area contributed by atoms with Gasteiger partial charge < -0.3 is 9.64 Å². The van der Waals surface area contributed by atoms with Crippen LogP contribution >= 0.6 is 0 Å². The molecule has 0 N–H and O–H groups in total. The third kappa shape index (κ3) is 4.05. The van der Waals surface area contributed by atoms with E-state index in [1.807, 2.05) is 0 Å². The quantitative estimate of drug-likeness (QED) is 0.577. The molecule has 2 amide bonds. The highest BCUT2D eigenvalue weighted by molar-refractivity contribution is 6.06. The summed E-state index contributed by atoms with van der Waals surface area (Å²) in [6.45, 7) is 0.680. The zero-order chi connectivity index (χ0) is 19.4. The molecule has 0 aliphatic carbocycles. The van der Waals surface area contributed by atoms with Crippen LogP contribution in [0.4, 0.5) is 11.4 Å². The van der Waals surface area contributed by atoms with Crippen LogP contribution in [0.3, 0.4) is 0 Å². The number of nitro groups is 1. The lowest BCUT2D eigenvalue weighted by atomic mass is 10.1. The van der Waals surface area contributed by atoms with E-state index in [9.17, 15) is 19.7 Å². The van der Waals surface area contributed by atoms with E-state index in [1.165, 1.54) is 29.2 Å². The lowest BCUT2D eigenvalue weighted by Crippen LogP contribution is -2.42. The second kappa shape index (κ2) is 7.86. The maximum absolute atomic E-state index is 13.1. The van der Waals surface area contributed by atoms with Crippen molar-refractivity contribution in [2.45, 2.75) is 12.8 Å². The predicted molar refractivity (Wildman–Crippen MR) is 98.7 cm³/mol. The van der Waals surface area contributed by atoms with E-state index in [-0.39, 0.29) is 24.2 Å². The summed E-state index contributed by atoms with van der Waals surface area (Å²) in [5.41, 5.74) is 0.856. The third-order valence-corrected chi connectivity index (χ3v) is 4.44. The number of anilines is 1. The minimum atomic E-state index is -0.497. The van der Waals surface area contributed by atoms with Gasteiger partial charge in [-0.25, -0.2) is 0 Å². The molecule has 0 atom stereocenters. The van der Waals surface area contributed by atoms with Crippen molar-refractivity contribution in [2.75, 3.05) is 25.2 Å². The molecule has 0 aromatic heterocycles. The van der Waals surface area contributed by atoms with Crippen LogP contribution in [0.5, 0.6) is 5.75 Å². The van der Waals surface area contributed by atoms with Crippen molar-refractivity contribution < 1.29 is 19.2 Å². The molecule has 1 saturated heterocycles. The molecular weight excluding hydrogens is 350 g/mol. The minimum Gasteiger partial charge on any atom is -0.497 e. The number of benzene rings is 2. The van der Waals surface area contributed by atoms with Crippen molar-refractivity contribution in [3.8, 4) is 5.75 Å². The largest absolute Gasteiger partial charge is 0.497 e. The summed E-state index contributed by atoms with van der Waals surface area (Å²) in [6, 6.07) is 12.4. The topological polar surface area (TPSA) is 93.0 Å². The number of likely N-dealkylation sites (tertiary alicyclic amines) is 1. The Morgan fingerprint density at radius 3 is 2.37 bits per heavy atom. The molecule has 2 aromatic carbocycles. The first-order valence-corrected chi connectivity index (χ1v) is 8.48. The molecule has 1 aliphatic rings. The van der Waals surface area contributed by atoms with Crippen LogP contribution < -0.4 is 9.64 Å². The Morgan fingerprint density at radius 1 is 1.19 bits per heavy atom. The molecule has 140 valence electrons. The van der Waals surface area contributed by atoms with E-state index >= 15 is 0 Å². The van der Waals surface area contributed by atoms with Crippen molar-refractivity contribution in [1.82, 2.24) is 4.90 Å². The van der Waals surface area contributed by atoms with Crippen LogP contribution in [0.1, 0.15) is 23.2 Å². The van der Waals surface area contributed by atoms with E-state index in [1.54, 1.807) is 36.3 Å². The Labute approximate surface area is 156 Å². The number of carbonyl (C=O) groups is 2. The highest BCUT2D eigenvalue weighted by Crippen LogP contribution is 2.24. The van der Waals surface area contributed by atoms with Gasteiger partial charge in [0.25, 0.3) is 11.6 Å². The first kappa shape index (κ1) is 18.4. The molecule has 0 unspecified atom stereocenters. The average Bonchev–Trinajstić information content (AvgIpc) is 3.10. The van der Waals surface area contributed by atoms with Gasteiger partial charge in [-0.3, -0.25) is 24.6 Å². The Hall–Kier alpha value is -3.42. The number of carbonyl (C=O) groups excluding carboxylic acids is 2. The van der Waals surface area contributed by atoms with Crippen LogP contribution in [0.25, 0.3) is 0 Å². The predicted octanol–water partition coefficient (Wildman–Crippen LogP) is 2.83. The second-order valence-electron chi connectivity index (χ2n) is 6.14. The molecule has 0 spiro atoms. The van der Waals surface area contributed by atoms with Crippen LogP contribution in [-0.4, -0.2) is 42.0 Å².